The van der Waals surface area contributed by atoms with E-state index in [1.54, 1.807) is 0 Å². The molecule has 5 N–H and O–H groups in total. The van der Waals surface area contributed by atoms with Gasteiger partial charge in [0.25, 0.3) is 0 Å². The van der Waals surface area contributed by atoms with Crippen LogP contribution >= 0.6 is 0 Å². The number of carboxylic acids is 1. The van der Waals surface area contributed by atoms with Gasteiger partial charge in [0.2, 0.25) is 5.84 Å². The zero-order valence-corrected chi connectivity index (χ0v) is 8.00. The third-order valence-corrected chi connectivity index (χ3v) is 1.64. The summed E-state index contributed by atoms with van der Waals surface area (Å²) >= 11 is 0. The predicted octanol–water partition coefficient (Wildman–Crippen LogP) is -0.281. The Morgan fingerprint density at radius 1 is 1.40 bits per heavy atom. The largest absolute Gasteiger partial charge is 0.475 e. The van der Waals surface area contributed by atoms with Crippen molar-refractivity contribution in [2.24, 2.45) is 16.7 Å². The second-order valence-electron chi connectivity index (χ2n) is 2.87. The molecule has 0 heterocycles. The van der Waals surface area contributed by atoms with Crippen molar-refractivity contribution < 1.29 is 9.90 Å². The molecule has 6 heteroatoms. The van der Waals surface area contributed by atoms with Gasteiger partial charge in [-0.25, -0.2) is 15.8 Å². The van der Waals surface area contributed by atoms with E-state index in [4.69, 9.17) is 16.7 Å². The molecule has 1 aromatic carbocycles. The number of carboxylic acid groups (broad SMARTS) is 1. The lowest BCUT2D eigenvalue weighted by atomic mass is 10.2. The molecular formula is C9H12N4O2. The molecule has 1 rings (SSSR count). The molecule has 0 atom stereocenters. The van der Waals surface area contributed by atoms with Gasteiger partial charge < -0.3 is 10.8 Å². The summed E-state index contributed by atoms with van der Waals surface area (Å²) in [5.74, 6) is 3.62. The van der Waals surface area contributed by atoms with E-state index >= 15 is 0 Å². The first-order valence-electron chi connectivity index (χ1n) is 4.23. The lowest BCUT2D eigenvalue weighted by Gasteiger charge is -2.12. The molecule has 0 amide bonds. The van der Waals surface area contributed by atoms with Crippen LogP contribution in [0.2, 0.25) is 0 Å². The van der Waals surface area contributed by atoms with Crippen LogP contribution in [0.25, 0.3) is 0 Å². The van der Waals surface area contributed by atoms with Crippen LogP contribution in [0.3, 0.4) is 0 Å². The summed E-state index contributed by atoms with van der Waals surface area (Å²) < 4.78 is 0. The van der Waals surface area contributed by atoms with E-state index in [0.717, 1.165) is 10.7 Å². The quantitative estimate of drug-likeness (QED) is 0.274. The summed E-state index contributed by atoms with van der Waals surface area (Å²) in [6.07, 6.45) is 0. The summed E-state index contributed by atoms with van der Waals surface area (Å²) in [6, 6.07) is 9.29. The van der Waals surface area contributed by atoms with E-state index in [1.807, 2.05) is 30.3 Å². The molecule has 0 aliphatic carbocycles. The Balaban J connectivity index is 2.61. The molecule has 0 unspecified atom stereocenters. The van der Waals surface area contributed by atoms with E-state index in [2.05, 4.69) is 5.10 Å². The van der Waals surface area contributed by atoms with Gasteiger partial charge in [-0.3, -0.25) is 0 Å². The number of nitrogens with zero attached hydrogens (tertiary/aromatic N) is 2. The minimum atomic E-state index is -1.29. The first-order valence-corrected chi connectivity index (χ1v) is 4.23. The topological polar surface area (TPSA) is 105 Å². The zero-order chi connectivity index (χ0) is 11.3. The summed E-state index contributed by atoms with van der Waals surface area (Å²) in [5, 5.41) is 12.9. The third kappa shape index (κ3) is 3.65. The predicted molar refractivity (Wildman–Crippen MR) is 55.4 cm³/mol. The number of amidine groups is 1. The van der Waals surface area contributed by atoms with E-state index in [1.165, 1.54) is 0 Å². The molecular weight excluding hydrogens is 196 g/mol. The van der Waals surface area contributed by atoms with Crippen LogP contribution in [0.4, 0.5) is 0 Å². The Kier molecular flexibility index (Phi) is 3.64. The molecule has 0 saturated carbocycles. The maximum absolute atomic E-state index is 10.3. The Morgan fingerprint density at radius 3 is 2.53 bits per heavy atom. The van der Waals surface area contributed by atoms with Gasteiger partial charge in [0, 0.05) is 0 Å². The summed E-state index contributed by atoms with van der Waals surface area (Å²) in [7, 11) is 0. The third-order valence-electron chi connectivity index (χ3n) is 1.64. The van der Waals surface area contributed by atoms with Crippen molar-refractivity contribution in [3.05, 3.63) is 35.9 Å². The van der Waals surface area contributed by atoms with Crippen LogP contribution in [-0.4, -0.2) is 22.0 Å². The van der Waals surface area contributed by atoms with E-state index in [9.17, 15) is 4.79 Å². The summed E-state index contributed by atoms with van der Waals surface area (Å²) in [6.45, 7) is 0.300. The monoisotopic (exact) mass is 208 g/mol. The number of carbonyl (C=O) groups is 1. The van der Waals surface area contributed by atoms with Gasteiger partial charge in [-0.15, -0.1) is 5.10 Å². The Hall–Kier alpha value is -2.08. The van der Waals surface area contributed by atoms with Crippen molar-refractivity contribution >= 4 is 11.8 Å². The van der Waals surface area contributed by atoms with E-state index in [0.29, 0.717) is 6.54 Å². The van der Waals surface area contributed by atoms with Crippen molar-refractivity contribution in [2.75, 3.05) is 0 Å². The maximum Gasteiger partial charge on any atom is 0.373 e. The fourth-order valence-corrected chi connectivity index (χ4v) is 0.987. The number of rotatable bonds is 3. The fraction of sp³-hybridized carbons (Fsp3) is 0.111. The summed E-state index contributed by atoms with van der Waals surface area (Å²) in [4.78, 5) is 10.3. The molecule has 0 fully saturated rings. The zero-order valence-electron chi connectivity index (χ0n) is 8.00. The number of aliphatic carboxylic acids is 1. The van der Waals surface area contributed by atoms with Crippen LogP contribution < -0.4 is 11.6 Å². The van der Waals surface area contributed by atoms with Crippen LogP contribution in [-0.2, 0) is 11.3 Å². The van der Waals surface area contributed by atoms with Crippen LogP contribution in [0.5, 0.6) is 0 Å². The minimum Gasteiger partial charge on any atom is -0.475 e. The maximum atomic E-state index is 10.3. The van der Waals surface area contributed by atoms with Crippen molar-refractivity contribution in [1.82, 2.24) is 5.12 Å². The van der Waals surface area contributed by atoms with Crippen LogP contribution in [0, 0.1) is 0 Å². The van der Waals surface area contributed by atoms with Crippen molar-refractivity contribution in [3.63, 3.8) is 0 Å². The molecule has 15 heavy (non-hydrogen) atoms. The van der Waals surface area contributed by atoms with Crippen LogP contribution in [0.1, 0.15) is 5.56 Å². The number of hydrogen-bond donors (Lipinski definition) is 3. The standard InChI is InChI=1S/C9H12N4O2/c10-8(9(14)15)12-13(11)6-7-4-2-1-3-5-7/h1-5H,6,11H2,(H2,10,12)(H,14,15). The average molecular weight is 208 g/mol. The number of nitrogens with two attached hydrogens (primary N) is 2. The molecule has 0 spiro atoms. The van der Waals surface area contributed by atoms with Crippen LogP contribution in [0.15, 0.2) is 35.4 Å². The second kappa shape index (κ2) is 4.97. The highest BCUT2D eigenvalue weighted by atomic mass is 16.4. The fourth-order valence-electron chi connectivity index (χ4n) is 0.987. The molecule has 0 radical (unpaired) electrons. The molecule has 6 nitrogen and oxygen atoms in total. The van der Waals surface area contributed by atoms with Gasteiger partial charge in [-0.2, -0.15) is 0 Å². The highest BCUT2D eigenvalue weighted by Crippen LogP contribution is 2.00. The minimum absolute atomic E-state index is 0.300. The average Bonchev–Trinajstić information content (AvgIpc) is 2.18. The molecule has 0 bridgehead atoms. The van der Waals surface area contributed by atoms with Crippen molar-refractivity contribution in [1.29, 1.82) is 0 Å². The summed E-state index contributed by atoms with van der Waals surface area (Å²) in [5.41, 5.74) is 6.02. The smallest absolute Gasteiger partial charge is 0.373 e. The first kappa shape index (κ1) is 11.0. The van der Waals surface area contributed by atoms with E-state index < -0.39 is 11.8 Å². The van der Waals surface area contributed by atoms with Gasteiger partial charge in [0.05, 0.1) is 6.54 Å². The first-order chi connectivity index (χ1) is 7.09. The lowest BCUT2D eigenvalue weighted by Crippen LogP contribution is -2.32. The van der Waals surface area contributed by atoms with E-state index in [-0.39, 0.29) is 0 Å². The van der Waals surface area contributed by atoms with Gasteiger partial charge in [-0.05, 0) is 5.56 Å². The van der Waals surface area contributed by atoms with Gasteiger partial charge >= 0.3 is 5.97 Å². The molecule has 0 saturated heterocycles. The van der Waals surface area contributed by atoms with Crippen molar-refractivity contribution in [3.8, 4) is 0 Å². The molecule has 0 aliphatic rings. The lowest BCUT2D eigenvalue weighted by molar-refractivity contribution is -0.129. The second-order valence-corrected chi connectivity index (χ2v) is 2.87. The number of hydrazone groups is 1. The normalized spacial score (nSPS) is 11.1. The molecule has 0 aromatic heterocycles. The highest BCUT2D eigenvalue weighted by Gasteiger charge is 2.05. The Labute approximate surface area is 86.8 Å². The highest BCUT2D eigenvalue weighted by molar-refractivity contribution is 6.33. The van der Waals surface area contributed by atoms with Gasteiger partial charge in [-0.1, -0.05) is 30.3 Å². The molecule has 80 valence electrons. The number of hydrazine groups is 1. The molecule has 1 aromatic rings. The Morgan fingerprint density at radius 2 is 2.00 bits per heavy atom. The van der Waals surface area contributed by atoms with Gasteiger partial charge in [0.15, 0.2) is 0 Å². The molecule has 0 aliphatic heterocycles. The van der Waals surface area contributed by atoms with Gasteiger partial charge in [0.1, 0.15) is 0 Å². The SMILES string of the molecule is N/C(=N\N(N)Cc1ccccc1)C(=O)O. The number of hydrogen-bond acceptors (Lipinski definition) is 4. The Bertz CT molecular complexity index is 364. The van der Waals surface area contributed by atoms with Crippen molar-refractivity contribution in [2.45, 2.75) is 6.54 Å². The number of benzene rings is 1.